The SMILES string of the molecule is CC(C)n1cncc1Cn1ccnc(Cl)c1=O. The Bertz CT molecular complexity index is 573. The molecule has 0 saturated heterocycles. The molecule has 0 spiro atoms. The van der Waals surface area contributed by atoms with E-state index in [4.69, 9.17) is 11.6 Å². The normalized spacial score (nSPS) is 11.1. The molecule has 0 aliphatic rings. The minimum atomic E-state index is -0.286. The summed E-state index contributed by atoms with van der Waals surface area (Å²) < 4.78 is 3.53. The maximum absolute atomic E-state index is 11.7. The fraction of sp³-hybridized carbons (Fsp3) is 0.364. The van der Waals surface area contributed by atoms with Gasteiger partial charge in [-0.15, -0.1) is 0 Å². The average Bonchev–Trinajstić information content (AvgIpc) is 2.73. The predicted octanol–water partition coefficient (Wildman–Crippen LogP) is 1.72. The molecular formula is C11H13ClN4O. The zero-order valence-electron chi connectivity index (χ0n) is 9.67. The van der Waals surface area contributed by atoms with E-state index in [-0.39, 0.29) is 10.7 Å². The van der Waals surface area contributed by atoms with Gasteiger partial charge in [-0.05, 0) is 13.8 Å². The lowest BCUT2D eigenvalue weighted by Crippen LogP contribution is -2.22. The van der Waals surface area contributed by atoms with Crippen molar-refractivity contribution < 1.29 is 0 Å². The van der Waals surface area contributed by atoms with Crippen LogP contribution in [-0.2, 0) is 6.54 Å². The molecule has 0 aliphatic heterocycles. The maximum atomic E-state index is 11.7. The fourth-order valence-corrected chi connectivity index (χ4v) is 1.80. The summed E-state index contributed by atoms with van der Waals surface area (Å²) in [6.07, 6.45) is 6.64. The number of hydrogen-bond acceptors (Lipinski definition) is 3. The molecule has 2 aromatic heterocycles. The molecule has 17 heavy (non-hydrogen) atoms. The lowest BCUT2D eigenvalue weighted by Gasteiger charge is -2.12. The molecular weight excluding hydrogens is 240 g/mol. The van der Waals surface area contributed by atoms with Gasteiger partial charge in [0.05, 0.1) is 18.6 Å². The van der Waals surface area contributed by atoms with E-state index in [1.807, 2.05) is 4.57 Å². The van der Waals surface area contributed by atoms with Gasteiger partial charge in [-0.1, -0.05) is 11.6 Å². The minimum absolute atomic E-state index is 0.0110. The van der Waals surface area contributed by atoms with E-state index in [0.717, 1.165) is 5.69 Å². The number of hydrogen-bond donors (Lipinski definition) is 0. The van der Waals surface area contributed by atoms with Gasteiger partial charge in [0, 0.05) is 24.6 Å². The Labute approximate surface area is 104 Å². The molecule has 0 bridgehead atoms. The van der Waals surface area contributed by atoms with Gasteiger partial charge in [0.2, 0.25) is 0 Å². The van der Waals surface area contributed by atoms with E-state index >= 15 is 0 Å². The van der Waals surface area contributed by atoms with Gasteiger partial charge in [0.25, 0.3) is 5.56 Å². The first-order valence-corrected chi connectivity index (χ1v) is 5.69. The Morgan fingerprint density at radius 2 is 2.24 bits per heavy atom. The number of aromatic nitrogens is 4. The van der Waals surface area contributed by atoms with Crippen LogP contribution in [0.25, 0.3) is 0 Å². The van der Waals surface area contributed by atoms with E-state index < -0.39 is 0 Å². The Morgan fingerprint density at radius 3 is 2.94 bits per heavy atom. The second kappa shape index (κ2) is 4.71. The zero-order chi connectivity index (χ0) is 12.4. The second-order valence-electron chi connectivity index (χ2n) is 4.04. The molecule has 0 amide bonds. The van der Waals surface area contributed by atoms with Crippen molar-refractivity contribution in [2.75, 3.05) is 0 Å². The highest BCUT2D eigenvalue weighted by atomic mass is 35.5. The average molecular weight is 253 g/mol. The van der Waals surface area contributed by atoms with Crippen LogP contribution in [0.4, 0.5) is 0 Å². The summed E-state index contributed by atoms with van der Waals surface area (Å²) in [5.74, 6) is 0. The van der Waals surface area contributed by atoms with Crippen LogP contribution in [-0.4, -0.2) is 19.1 Å². The van der Waals surface area contributed by atoms with Crippen LogP contribution in [0.15, 0.2) is 29.7 Å². The molecule has 0 atom stereocenters. The molecule has 0 radical (unpaired) electrons. The van der Waals surface area contributed by atoms with Gasteiger partial charge in [-0.25, -0.2) is 9.97 Å². The van der Waals surface area contributed by atoms with Crippen LogP contribution in [0.1, 0.15) is 25.6 Å². The van der Waals surface area contributed by atoms with Crippen LogP contribution in [0.5, 0.6) is 0 Å². The Balaban J connectivity index is 2.35. The number of nitrogens with zero attached hydrogens (tertiary/aromatic N) is 4. The van der Waals surface area contributed by atoms with Gasteiger partial charge in [-0.2, -0.15) is 0 Å². The molecule has 2 heterocycles. The molecule has 0 aromatic carbocycles. The van der Waals surface area contributed by atoms with Gasteiger partial charge in [-0.3, -0.25) is 4.79 Å². The van der Waals surface area contributed by atoms with Gasteiger partial charge < -0.3 is 9.13 Å². The summed E-state index contributed by atoms with van der Waals surface area (Å²) in [5, 5.41) is -0.0110. The van der Waals surface area contributed by atoms with Crippen molar-refractivity contribution in [1.29, 1.82) is 0 Å². The van der Waals surface area contributed by atoms with Crippen molar-refractivity contribution in [2.45, 2.75) is 26.4 Å². The molecule has 2 rings (SSSR count). The molecule has 0 N–H and O–H groups in total. The van der Waals surface area contributed by atoms with E-state index in [1.165, 1.54) is 10.8 Å². The van der Waals surface area contributed by atoms with Crippen molar-refractivity contribution in [2.24, 2.45) is 0 Å². The van der Waals surface area contributed by atoms with Crippen molar-refractivity contribution in [3.05, 3.63) is 46.1 Å². The minimum Gasteiger partial charge on any atom is -0.330 e. The molecule has 90 valence electrons. The summed E-state index contributed by atoms with van der Waals surface area (Å²) in [6, 6.07) is 0.306. The van der Waals surface area contributed by atoms with Crippen molar-refractivity contribution >= 4 is 11.6 Å². The molecule has 0 saturated carbocycles. The first-order valence-electron chi connectivity index (χ1n) is 5.31. The molecule has 0 unspecified atom stereocenters. The second-order valence-corrected chi connectivity index (χ2v) is 4.40. The fourth-order valence-electron chi connectivity index (χ4n) is 1.64. The Morgan fingerprint density at radius 1 is 1.47 bits per heavy atom. The number of imidazole rings is 1. The summed E-state index contributed by atoms with van der Waals surface area (Å²) in [4.78, 5) is 19.5. The lowest BCUT2D eigenvalue weighted by atomic mass is 10.3. The van der Waals surface area contributed by atoms with Gasteiger partial charge >= 0.3 is 0 Å². The summed E-state index contributed by atoms with van der Waals surface area (Å²) in [6.45, 7) is 4.57. The summed E-state index contributed by atoms with van der Waals surface area (Å²) in [7, 11) is 0. The highest BCUT2D eigenvalue weighted by Crippen LogP contribution is 2.09. The highest BCUT2D eigenvalue weighted by Gasteiger charge is 2.08. The Kier molecular flexibility index (Phi) is 3.28. The topological polar surface area (TPSA) is 52.7 Å². The third kappa shape index (κ3) is 2.39. The smallest absolute Gasteiger partial charge is 0.288 e. The molecule has 0 fully saturated rings. The first-order chi connectivity index (χ1) is 8.09. The van der Waals surface area contributed by atoms with E-state index in [9.17, 15) is 4.79 Å². The summed E-state index contributed by atoms with van der Waals surface area (Å²) in [5.41, 5.74) is 0.676. The third-order valence-corrected chi connectivity index (χ3v) is 2.77. The molecule has 6 heteroatoms. The predicted molar refractivity (Wildman–Crippen MR) is 65.2 cm³/mol. The van der Waals surface area contributed by atoms with Crippen LogP contribution in [0, 0.1) is 0 Å². The summed E-state index contributed by atoms with van der Waals surface area (Å²) >= 11 is 5.69. The van der Waals surface area contributed by atoms with E-state index in [2.05, 4.69) is 23.8 Å². The van der Waals surface area contributed by atoms with Crippen molar-refractivity contribution in [3.8, 4) is 0 Å². The molecule has 5 nitrogen and oxygen atoms in total. The van der Waals surface area contributed by atoms with Crippen molar-refractivity contribution in [3.63, 3.8) is 0 Å². The molecule has 2 aromatic rings. The van der Waals surface area contributed by atoms with Gasteiger partial charge in [0.15, 0.2) is 5.15 Å². The number of halogens is 1. The first kappa shape index (κ1) is 11.9. The van der Waals surface area contributed by atoms with E-state index in [0.29, 0.717) is 12.6 Å². The lowest BCUT2D eigenvalue weighted by molar-refractivity contribution is 0.557. The van der Waals surface area contributed by atoms with Crippen LogP contribution in [0.3, 0.4) is 0 Å². The standard InChI is InChI=1S/C11H13ClN4O/c1-8(2)16-7-13-5-9(16)6-15-4-3-14-10(12)11(15)17/h3-5,7-8H,6H2,1-2H3. The Hall–Kier alpha value is -1.62. The zero-order valence-corrected chi connectivity index (χ0v) is 10.4. The molecule has 0 aliphatic carbocycles. The third-order valence-electron chi connectivity index (χ3n) is 2.51. The van der Waals surface area contributed by atoms with Crippen molar-refractivity contribution in [1.82, 2.24) is 19.1 Å². The van der Waals surface area contributed by atoms with Crippen LogP contribution in [0.2, 0.25) is 5.15 Å². The quantitative estimate of drug-likeness (QED) is 0.836. The maximum Gasteiger partial charge on any atom is 0.288 e. The van der Waals surface area contributed by atoms with Crippen LogP contribution < -0.4 is 5.56 Å². The monoisotopic (exact) mass is 252 g/mol. The van der Waals surface area contributed by atoms with Gasteiger partial charge in [0.1, 0.15) is 0 Å². The van der Waals surface area contributed by atoms with Crippen LogP contribution >= 0.6 is 11.6 Å². The largest absolute Gasteiger partial charge is 0.330 e. The highest BCUT2D eigenvalue weighted by molar-refractivity contribution is 6.29. The number of rotatable bonds is 3. The van der Waals surface area contributed by atoms with E-state index in [1.54, 1.807) is 18.7 Å².